The number of ether oxygens (including phenoxy) is 1. The molecule has 24 heavy (non-hydrogen) atoms. The Hall–Kier alpha value is -1.92. The molecule has 0 aliphatic rings. The summed E-state index contributed by atoms with van der Waals surface area (Å²) < 4.78 is 6.41. The molecule has 0 saturated heterocycles. The van der Waals surface area contributed by atoms with E-state index in [1.165, 1.54) is 0 Å². The third kappa shape index (κ3) is 5.62. The lowest BCUT2D eigenvalue weighted by molar-refractivity contribution is 0.0977. The summed E-state index contributed by atoms with van der Waals surface area (Å²) in [5.41, 5.74) is 1.32. The number of halogens is 1. The Morgan fingerprint density at radius 1 is 1.21 bits per heavy atom. The third-order valence-corrected chi connectivity index (χ3v) is 3.85. The molecule has 2 aromatic rings. The highest BCUT2D eigenvalue weighted by Gasteiger charge is 2.11. The monoisotopic (exact) mass is 406 g/mol. The summed E-state index contributed by atoms with van der Waals surface area (Å²) in [6.45, 7) is 4.78. The molecule has 2 rings (SSSR count). The number of anilines is 1. The number of rotatable bonds is 5. The van der Waals surface area contributed by atoms with Gasteiger partial charge in [0.25, 0.3) is 5.91 Å². The predicted octanol–water partition coefficient (Wildman–Crippen LogP) is 4.61. The molecule has 2 aromatic carbocycles. The highest BCUT2D eigenvalue weighted by atomic mass is 79.9. The summed E-state index contributed by atoms with van der Waals surface area (Å²) in [7, 11) is 0. The average Bonchev–Trinajstić information content (AvgIpc) is 2.54. The Balaban J connectivity index is 1.97. The predicted molar refractivity (Wildman–Crippen MR) is 105 cm³/mol. The van der Waals surface area contributed by atoms with Gasteiger partial charge in [-0.1, -0.05) is 32.0 Å². The molecule has 0 atom stereocenters. The van der Waals surface area contributed by atoms with Crippen LogP contribution >= 0.6 is 28.1 Å². The van der Waals surface area contributed by atoms with Crippen molar-refractivity contribution in [1.82, 2.24) is 5.32 Å². The van der Waals surface area contributed by atoms with Gasteiger partial charge in [-0.3, -0.25) is 10.1 Å². The summed E-state index contributed by atoms with van der Waals surface area (Å²) in [6.07, 6.45) is 0. The van der Waals surface area contributed by atoms with Gasteiger partial charge in [-0.15, -0.1) is 0 Å². The van der Waals surface area contributed by atoms with Crippen molar-refractivity contribution in [2.24, 2.45) is 5.92 Å². The Bertz CT molecular complexity index is 720. The van der Waals surface area contributed by atoms with Crippen molar-refractivity contribution >= 4 is 44.9 Å². The number of hydrogen-bond acceptors (Lipinski definition) is 3. The SMILES string of the molecule is CC(C)COc1ccc(C(=O)NC(=S)Nc2ccccc2)cc1Br. The van der Waals surface area contributed by atoms with Gasteiger partial charge < -0.3 is 10.1 Å². The molecule has 0 saturated carbocycles. The van der Waals surface area contributed by atoms with Crippen LogP contribution in [0.4, 0.5) is 5.69 Å². The van der Waals surface area contributed by atoms with Gasteiger partial charge in [-0.25, -0.2) is 0 Å². The fourth-order valence-electron chi connectivity index (χ4n) is 1.87. The molecule has 0 bridgehead atoms. The zero-order valence-corrected chi connectivity index (χ0v) is 15.9. The third-order valence-electron chi connectivity index (χ3n) is 3.02. The second-order valence-electron chi connectivity index (χ2n) is 5.62. The fourth-order valence-corrected chi connectivity index (χ4v) is 2.58. The molecule has 1 amide bonds. The number of thiocarbonyl (C=S) groups is 1. The van der Waals surface area contributed by atoms with Crippen molar-refractivity contribution in [3.05, 3.63) is 58.6 Å². The van der Waals surface area contributed by atoms with Gasteiger partial charge >= 0.3 is 0 Å². The number of carbonyl (C=O) groups is 1. The second kappa shape index (κ2) is 8.80. The number of nitrogens with one attached hydrogen (secondary N) is 2. The van der Waals surface area contributed by atoms with E-state index in [0.717, 1.165) is 10.2 Å². The summed E-state index contributed by atoms with van der Waals surface area (Å²) in [5, 5.41) is 5.88. The van der Waals surface area contributed by atoms with Crippen LogP contribution in [0.25, 0.3) is 0 Å². The summed E-state index contributed by atoms with van der Waals surface area (Å²) >= 11 is 8.59. The first-order chi connectivity index (χ1) is 11.5. The minimum Gasteiger partial charge on any atom is -0.492 e. The lowest BCUT2D eigenvalue weighted by atomic mass is 10.2. The standard InChI is InChI=1S/C18H19BrN2O2S/c1-12(2)11-23-16-9-8-13(10-15(16)19)17(22)21-18(24)20-14-6-4-3-5-7-14/h3-10,12H,11H2,1-2H3,(H2,20,21,22,24). The molecule has 0 fully saturated rings. The molecule has 0 aromatic heterocycles. The van der Waals surface area contributed by atoms with Crippen LogP contribution in [0.5, 0.6) is 5.75 Å². The van der Waals surface area contributed by atoms with E-state index in [0.29, 0.717) is 23.8 Å². The molecule has 0 spiro atoms. The van der Waals surface area contributed by atoms with Gasteiger partial charge in [-0.05, 0) is 64.4 Å². The van der Waals surface area contributed by atoms with Crippen molar-refractivity contribution < 1.29 is 9.53 Å². The van der Waals surface area contributed by atoms with Crippen LogP contribution in [0, 0.1) is 5.92 Å². The molecular formula is C18H19BrN2O2S. The van der Waals surface area contributed by atoms with Crippen LogP contribution in [-0.2, 0) is 0 Å². The zero-order chi connectivity index (χ0) is 17.5. The minimum atomic E-state index is -0.278. The average molecular weight is 407 g/mol. The first kappa shape index (κ1) is 18.4. The summed E-state index contributed by atoms with van der Waals surface area (Å²) in [4.78, 5) is 12.3. The lowest BCUT2D eigenvalue weighted by Gasteiger charge is -2.12. The fraction of sp³-hybridized carbons (Fsp3) is 0.222. The highest BCUT2D eigenvalue weighted by Crippen LogP contribution is 2.26. The van der Waals surface area contributed by atoms with Crippen LogP contribution in [-0.4, -0.2) is 17.6 Å². The van der Waals surface area contributed by atoms with Crippen LogP contribution in [0.2, 0.25) is 0 Å². The molecule has 126 valence electrons. The molecule has 4 nitrogen and oxygen atoms in total. The van der Waals surface area contributed by atoms with E-state index in [1.54, 1.807) is 18.2 Å². The van der Waals surface area contributed by atoms with E-state index < -0.39 is 0 Å². The smallest absolute Gasteiger partial charge is 0.257 e. The van der Waals surface area contributed by atoms with Crippen LogP contribution in [0.15, 0.2) is 53.0 Å². The maximum Gasteiger partial charge on any atom is 0.257 e. The first-order valence-corrected chi connectivity index (χ1v) is 8.75. The number of benzene rings is 2. The van der Waals surface area contributed by atoms with E-state index in [4.69, 9.17) is 17.0 Å². The van der Waals surface area contributed by atoms with E-state index in [-0.39, 0.29) is 11.0 Å². The molecule has 2 N–H and O–H groups in total. The van der Waals surface area contributed by atoms with Gasteiger partial charge in [-0.2, -0.15) is 0 Å². The largest absolute Gasteiger partial charge is 0.492 e. The van der Waals surface area contributed by atoms with Gasteiger partial charge in [0.2, 0.25) is 0 Å². The molecule has 0 radical (unpaired) electrons. The second-order valence-corrected chi connectivity index (χ2v) is 6.89. The van der Waals surface area contributed by atoms with Crippen LogP contribution in [0.1, 0.15) is 24.2 Å². The van der Waals surface area contributed by atoms with Crippen molar-refractivity contribution in [2.75, 3.05) is 11.9 Å². The lowest BCUT2D eigenvalue weighted by Crippen LogP contribution is -2.34. The quantitative estimate of drug-likeness (QED) is 0.711. The Kier molecular flexibility index (Phi) is 6.75. The maximum atomic E-state index is 12.3. The van der Waals surface area contributed by atoms with Crippen molar-refractivity contribution in [3.63, 3.8) is 0 Å². The number of hydrogen-bond donors (Lipinski definition) is 2. The first-order valence-electron chi connectivity index (χ1n) is 7.55. The van der Waals surface area contributed by atoms with Gasteiger partial charge in [0.15, 0.2) is 5.11 Å². The molecular weight excluding hydrogens is 388 g/mol. The Morgan fingerprint density at radius 2 is 1.92 bits per heavy atom. The van der Waals surface area contributed by atoms with E-state index in [9.17, 15) is 4.79 Å². The van der Waals surface area contributed by atoms with E-state index >= 15 is 0 Å². The maximum absolute atomic E-state index is 12.3. The van der Waals surface area contributed by atoms with Crippen molar-refractivity contribution in [3.8, 4) is 5.75 Å². The van der Waals surface area contributed by atoms with Crippen molar-refractivity contribution in [1.29, 1.82) is 0 Å². The normalized spacial score (nSPS) is 10.3. The molecule has 0 aliphatic carbocycles. The zero-order valence-electron chi connectivity index (χ0n) is 13.5. The summed E-state index contributed by atoms with van der Waals surface area (Å²) in [6, 6.07) is 14.6. The highest BCUT2D eigenvalue weighted by molar-refractivity contribution is 9.10. The van der Waals surface area contributed by atoms with E-state index in [1.807, 2.05) is 30.3 Å². The Labute approximate surface area is 155 Å². The Morgan fingerprint density at radius 3 is 2.54 bits per heavy atom. The number of amides is 1. The number of carbonyl (C=O) groups excluding carboxylic acids is 1. The van der Waals surface area contributed by atoms with Crippen molar-refractivity contribution in [2.45, 2.75) is 13.8 Å². The molecule has 6 heteroatoms. The molecule has 0 aliphatic heterocycles. The summed E-state index contributed by atoms with van der Waals surface area (Å²) in [5.74, 6) is 0.867. The molecule has 0 unspecified atom stereocenters. The van der Waals surface area contributed by atoms with E-state index in [2.05, 4.69) is 40.4 Å². The van der Waals surface area contributed by atoms with Gasteiger partial charge in [0.1, 0.15) is 5.75 Å². The minimum absolute atomic E-state index is 0.252. The van der Waals surface area contributed by atoms with Gasteiger partial charge in [0, 0.05) is 11.3 Å². The molecule has 0 heterocycles. The topological polar surface area (TPSA) is 50.4 Å². The van der Waals surface area contributed by atoms with Crippen LogP contribution in [0.3, 0.4) is 0 Å². The van der Waals surface area contributed by atoms with Gasteiger partial charge in [0.05, 0.1) is 11.1 Å². The number of para-hydroxylation sites is 1. The van der Waals surface area contributed by atoms with Crippen LogP contribution < -0.4 is 15.4 Å².